The Balaban J connectivity index is 1.66. The molecule has 0 unspecified atom stereocenters. The molecule has 4 rings (SSSR count). The van der Waals surface area contributed by atoms with E-state index < -0.39 is 23.7 Å². The summed E-state index contributed by atoms with van der Waals surface area (Å²) in [7, 11) is 0. The third-order valence-electron chi connectivity index (χ3n) is 5.24. The van der Waals surface area contributed by atoms with Crippen LogP contribution in [0.25, 0.3) is 10.1 Å². The Morgan fingerprint density at radius 2 is 1.97 bits per heavy atom. The van der Waals surface area contributed by atoms with Crippen molar-refractivity contribution in [2.45, 2.75) is 25.1 Å². The highest BCUT2D eigenvalue weighted by atomic mass is 35.5. The SMILES string of the molecule is O=C(N[C@@H](CN1CCCC1=O)c1cccc(C(F)(F)F)c1)c1sc2ccccc2c1Cl. The van der Waals surface area contributed by atoms with Crippen LogP contribution in [0, 0.1) is 0 Å². The van der Waals surface area contributed by atoms with Crippen molar-refractivity contribution in [1.29, 1.82) is 0 Å². The van der Waals surface area contributed by atoms with E-state index in [4.69, 9.17) is 11.6 Å². The Morgan fingerprint density at radius 1 is 1.19 bits per heavy atom. The molecule has 1 fully saturated rings. The number of fused-ring (bicyclic) bond motifs is 1. The summed E-state index contributed by atoms with van der Waals surface area (Å²) in [5.41, 5.74) is -0.531. The molecule has 2 aromatic carbocycles. The minimum absolute atomic E-state index is 0.0777. The zero-order valence-corrected chi connectivity index (χ0v) is 17.8. The number of nitrogens with zero attached hydrogens (tertiary/aromatic N) is 1. The van der Waals surface area contributed by atoms with Crippen molar-refractivity contribution in [3.05, 3.63) is 69.6 Å². The maximum Gasteiger partial charge on any atom is 0.416 e. The van der Waals surface area contributed by atoms with Gasteiger partial charge in [-0.3, -0.25) is 9.59 Å². The van der Waals surface area contributed by atoms with Crippen molar-refractivity contribution in [2.24, 2.45) is 0 Å². The van der Waals surface area contributed by atoms with E-state index >= 15 is 0 Å². The lowest BCUT2D eigenvalue weighted by molar-refractivity contribution is -0.137. The van der Waals surface area contributed by atoms with Gasteiger partial charge in [0.2, 0.25) is 5.91 Å². The van der Waals surface area contributed by atoms with Crippen LogP contribution < -0.4 is 5.32 Å². The summed E-state index contributed by atoms with van der Waals surface area (Å²) in [6.45, 7) is 0.599. The molecule has 3 aromatic rings. The first-order chi connectivity index (χ1) is 14.7. The molecule has 1 aliphatic heterocycles. The number of amides is 2. The predicted octanol–water partition coefficient (Wildman–Crippen LogP) is 5.67. The minimum Gasteiger partial charge on any atom is -0.343 e. The van der Waals surface area contributed by atoms with Crippen molar-refractivity contribution < 1.29 is 22.8 Å². The fourth-order valence-corrected chi connectivity index (χ4v) is 5.09. The number of hydrogen-bond donors (Lipinski definition) is 1. The first-order valence-electron chi connectivity index (χ1n) is 9.67. The quantitative estimate of drug-likeness (QED) is 0.527. The predicted molar refractivity (Wildman–Crippen MR) is 114 cm³/mol. The Kier molecular flexibility index (Phi) is 5.94. The number of halogens is 4. The fourth-order valence-electron chi connectivity index (χ4n) is 3.67. The molecule has 4 nitrogen and oxygen atoms in total. The Hall–Kier alpha value is -2.58. The van der Waals surface area contributed by atoms with Gasteiger partial charge in [-0.05, 0) is 30.2 Å². The van der Waals surface area contributed by atoms with E-state index in [9.17, 15) is 22.8 Å². The smallest absolute Gasteiger partial charge is 0.343 e. The largest absolute Gasteiger partial charge is 0.416 e. The Bertz CT molecular complexity index is 1150. The van der Waals surface area contributed by atoms with Gasteiger partial charge in [-0.15, -0.1) is 11.3 Å². The second-order valence-electron chi connectivity index (χ2n) is 7.33. The molecule has 1 atom stereocenters. The Morgan fingerprint density at radius 3 is 2.65 bits per heavy atom. The highest BCUT2D eigenvalue weighted by molar-refractivity contribution is 7.21. The van der Waals surface area contributed by atoms with Gasteiger partial charge in [0.05, 0.1) is 16.6 Å². The normalized spacial score (nSPS) is 15.5. The number of hydrogen-bond acceptors (Lipinski definition) is 3. The molecule has 0 saturated carbocycles. The number of benzene rings is 2. The lowest BCUT2D eigenvalue weighted by Gasteiger charge is -2.25. The number of alkyl halides is 3. The van der Waals surface area contributed by atoms with Gasteiger partial charge in [0, 0.05) is 29.6 Å². The maximum atomic E-state index is 13.2. The van der Waals surface area contributed by atoms with Gasteiger partial charge in [0.15, 0.2) is 0 Å². The number of nitrogens with one attached hydrogen (secondary N) is 1. The first kappa shape index (κ1) is 21.6. The molecule has 1 N–H and O–H groups in total. The van der Waals surface area contributed by atoms with E-state index in [1.165, 1.54) is 23.5 Å². The highest BCUT2D eigenvalue weighted by Crippen LogP contribution is 2.36. The number of rotatable bonds is 5. The van der Waals surface area contributed by atoms with Crippen LogP contribution >= 0.6 is 22.9 Å². The highest BCUT2D eigenvalue weighted by Gasteiger charge is 2.32. The minimum atomic E-state index is -4.51. The number of carbonyl (C=O) groups excluding carboxylic acids is 2. The molecule has 9 heteroatoms. The van der Waals surface area contributed by atoms with Crippen LogP contribution in [0.3, 0.4) is 0 Å². The Labute approximate surface area is 185 Å². The molecule has 162 valence electrons. The molecule has 2 amide bonds. The molecule has 1 saturated heterocycles. The molecule has 1 aliphatic rings. The molecular formula is C22H18ClF3N2O2S. The van der Waals surface area contributed by atoms with Crippen molar-refractivity contribution in [3.63, 3.8) is 0 Å². The van der Waals surface area contributed by atoms with Crippen molar-refractivity contribution >= 4 is 44.8 Å². The van der Waals surface area contributed by atoms with Gasteiger partial charge in [-0.1, -0.05) is 41.9 Å². The van der Waals surface area contributed by atoms with Gasteiger partial charge < -0.3 is 10.2 Å². The lowest BCUT2D eigenvalue weighted by Crippen LogP contribution is -2.38. The summed E-state index contributed by atoms with van der Waals surface area (Å²) < 4.78 is 40.5. The van der Waals surface area contributed by atoms with Crippen LogP contribution in [-0.4, -0.2) is 29.8 Å². The van der Waals surface area contributed by atoms with E-state index in [-0.39, 0.29) is 22.9 Å². The zero-order chi connectivity index (χ0) is 22.2. The molecule has 0 spiro atoms. The molecule has 0 bridgehead atoms. The topological polar surface area (TPSA) is 49.4 Å². The summed E-state index contributed by atoms with van der Waals surface area (Å²) in [6.07, 6.45) is -3.43. The van der Waals surface area contributed by atoms with Crippen molar-refractivity contribution in [3.8, 4) is 0 Å². The second-order valence-corrected chi connectivity index (χ2v) is 8.76. The standard InChI is InChI=1S/C22H18ClF3N2O2S/c23-19-15-7-1-2-8-17(15)31-20(19)21(30)27-16(12-28-10-4-9-18(28)29)13-5-3-6-14(11-13)22(24,25)26/h1-3,5-8,11,16H,4,9-10,12H2,(H,27,30)/t16-/m0/s1. The van der Waals surface area contributed by atoms with Crippen LogP contribution in [0.5, 0.6) is 0 Å². The van der Waals surface area contributed by atoms with Gasteiger partial charge in [0.1, 0.15) is 4.88 Å². The van der Waals surface area contributed by atoms with Crippen LogP contribution in [0.2, 0.25) is 5.02 Å². The average Bonchev–Trinajstić information content (AvgIpc) is 3.30. The number of thiophene rings is 1. The molecule has 0 aliphatic carbocycles. The van der Waals surface area contributed by atoms with E-state index in [1.54, 1.807) is 11.0 Å². The molecule has 0 radical (unpaired) electrons. The molecular weight excluding hydrogens is 449 g/mol. The van der Waals surface area contributed by atoms with Crippen LogP contribution in [0.15, 0.2) is 48.5 Å². The van der Waals surface area contributed by atoms with E-state index in [2.05, 4.69) is 5.32 Å². The number of carbonyl (C=O) groups is 2. The third-order valence-corrected chi connectivity index (χ3v) is 6.91. The van der Waals surface area contributed by atoms with Gasteiger partial charge in [-0.2, -0.15) is 13.2 Å². The van der Waals surface area contributed by atoms with Crippen molar-refractivity contribution in [1.82, 2.24) is 10.2 Å². The molecule has 1 aromatic heterocycles. The van der Waals surface area contributed by atoms with E-state index in [0.717, 1.165) is 22.2 Å². The maximum absolute atomic E-state index is 13.2. The van der Waals surface area contributed by atoms with Crippen molar-refractivity contribution in [2.75, 3.05) is 13.1 Å². The molecule has 31 heavy (non-hydrogen) atoms. The first-order valence-corrected chi connectivity index (χ1v) is 10.9. The number of likely N-dealkylation sites (tertiary alicyclic amines) is 1. The van der Waals surface area contributed by atoms with Gasteiger partial charge in [-0.25, -0.2) is 0 Å². The summed E-state index contributed by atoms with van der Waals surface area (Å²) in [5.74, 6) is -0.564. The second kappa shape index (κ2) is 8.51. The average molecular weight is 467 g/mol. The lowest BCUT2D eigenvalue weighted by atomic mass is 10.0. The summed E-state index contributed by atoms with van der Waals surface area (Å²) >= 11 is 7.61. The van der Waals surface area contributed by atoms with Crippen LogP contribution in [0.1, 0.15) is 39.7 Å². The summed E-state index contributed by atoms with van der Waals surface area (Å²) in [6, 6.07) is 11.3. The molecule has 2 heterocycles. The summed E-state index contributed by atoms with van der Waals surface area (Å²) in [4.78, 5) is 27.0. The van der Waals surface area contributed by atoms with Crippen LogP contribution in [0.4, 0.5) is 13.2 Å². The monoisotopic (exact) mass is 466 g/mol. The summed E-state index contributed by atoms with van der Waals surface area (Å²) in [5, 5.41) is 3.85. The van der Waals surface area contributed by atoms with E-state index in [0.29, 0.717) is 24.4 Å². The third kappa shape index (κ3) is 4.55. The zero-order valence-electron chi connectivity index (χ0n) is 16.2. The van der Waals surface area contributed by atoms with Gasteiger partial charge in [0.25, 0.3) is 5.91 Å². The van der Waals surface area contributed by atoms with E-state index in [1.807, 2.05) is 18.2 Å². The fraction of sp³-hybridized carbons (Fsp3) is 0.273. The van der Waals surface area contributed by atoms with Crippen LogP contribution in [-0.2, 0) is 11.0 Å². The van der Waals surface area contributed by atoms with Gasteiger partial charge >= 0.3 is 6.18 Å².